The summed E-state index contributed by atoms with van der Waals surface area (Å²) in [5, 5.41) is 0. The quantitative estimate of drug-likeness (QED) is 0.789. The number of imidazole rings is 1. The number of hydrogen-bond acceptors (Lipinski definition) is 4. The molecule has 0 amide bonds. The van der Waals surface area contributed by atoms with Gasteiger partial charge in [-0.25, -0.2) is 24.3 Å². The Morgan fingerprint density at radius 1 is 1.16 bits per heavy atom. The zero-order chi connectivity index (χ0) is 17.2. The molecule has 0 spiro atoms. The maximum atomic E-state index is 12.3. The maximum absolute atomic E-state index is 12.3. The van der Waals surface area contributed by atoms with Crippen molar-refractivity contribution >= 4 is 11.2 Å². The van der Waals surface area contributed by atoms with Gasteiger partial charge in [0.25, 0.3) is 0 Å². The maximum Gasteiger partial charge on any atom is 0.334 e. The van der Waals surface area contributed by atoms with Crippen molar-refractivity contribution in [3.8, 4) is 5.95 Å². The van der Waals surface area contributed by atoms with Gasteiger partial charge in [0.05, 0.1) is 5.52 Å². The highest BCUT2D eigenvalue weighted by molar-refractivity contribution is 5.73. The molecule has 1 saturated carbocycles. The predicted molar refractivity (Wildman–Crippen MR) is 96.9 cm³/mol. The smallest absolute Gasteiger partial charge is 0.290 e. The van der Waals surface area contributed by atoms with Crippen LogP contribution in [-0.4, -0.2) is 24.5 Å². The predicted octanol–water partition coefficient (Wildman–Crippen LogP) is 3.58. The number of nitrogens with one attached hydrogen (secondary N) is 1. The Morgan fingerprint density at radius 2 is 1.92 bits per heavy atom. The molecule has 6 heteroatoms. The van der Waals surface area contributed by atoms with E-state index in [9.17, 15) is 4.79 Å². The van der Waals surface area contributed by atoms with E-state index in [1.807, 2.05) is 6.20 Å². The van der Waals surface area contributed by atoms with E-state index in [4.69, 9.17) is 0 Å². The summed E-state index contributed by atoms with van der Waals surface area (Å²) in [6, 6.07) is 3.82. The van der Waals surface area contributed by atoms with Crippen LogP contribution in [0.2, 0.25) is 0 Å². The molecule has 1 fully saturated rings. The average Bonchev–Trinajstić information content (AvgIpc) is 2.98. The van der Waals surface area contributed by atoms with Gasteiger partial charge in [-0.3, -0.25) is 4.98 Å². The number of nitrogens with zero attached hydrogens (tertiary/aromatic N) is 4. The van der Waals surface area contributed by atoms with E-state index in [2.05, 4.69) is 32.9 Å². The third-order valence-electron chi connectivity index (χ3n) is 5.33. The van der Waals surface area contributed by atoms with Crippen LogP contribution in [0.5, 0.6) is 0 Å². The third-order valence-corrected chi connectivity index (χ3v) is 5.33. The first-order chi connectivity index (χ1) is 12.3. The molecule has 3 aromatic heterocycles. The normalized spacial score (nSPS) is 20.8. The van der Waals surface area contributed by atoms with E-state index in [0.717, 1.165) is 11.4 Å². The molecule has 0 bridgehead atoms. The van der Waals surface area contributed by atoms with Crippen LogP contribution in [0.25, 0.3) is 17.1 Å². The lowest BCUT2D eigenvalue weighted by Gasteiger charge is -2.28. The van der Waals surface area contributed by atoms with Gasteiger partial charge in [0.15, 0.2) is 5.65 Å². The number of aromatic nitrogens is 5. The van der Waals surface area contributed by atoms with Gasteiger partial charge in [-0.2, -0.15) is 0 Å². The highest BCUT2D eigenvalue weighted by Crippen LogP contribution is 2.37. The SMILES string of the molecule is CCCC1CCC(c2cnc3[nH]c(=O)n(-c4ncccn4)c3c2)CC1. The Balaban J connectivity index is 1.68. The summed E-state index contributed by atoms with van der Waals surface area (Å²) in [5.74, 6) is 1.78. The van der Waals surface area contributed by atoms with Crippen molar-refractivity contribution in [2.45, 2.75) is 51.4 Å². The van der Waals surface area contributed by atoms with Crippen LogP contribution in [0.1, 0.15) is 56.9 Å². The summed E-state index contributed by atoms with van der Waals surface area (Å²) in [7, 11) is 0. The molecule has 0 unspecified atom stereocenters. The molecule has 3 aromatic rings. The van der Waals surface area contributed by atoms with Crippen LogP contribution in [0.3, 0.4) is 0 Å². The van der Waals surface area contributed by atoms with E-state index in [-0.39, 0.29) is 5.69 Å². The lowest BCUT2D eigenvalue weighted by atomic mass is 9.77. The van der Waals surface area contributed by atoms with Gasteiger partial charge in [0.1, 0.15) is 0 Å². The molecular weight excluding hydrogens is 314 g/mol. The molecule has 0 aromatic carbocycles. The van der Waals surface area contributed by atoms with Gasteiger partial charge >= 0.3 is 5.69 Å². The van der Waals surface area contributed by atoms with Crippen LogP contribution in [0.15, 0.2) is 35.5 Å². The molecule has 0 saturated heterocycles. The molecule has 1 aliphatic rings. The van der Waals surface area contributed by atoms with Crippen molar-refractivity contribution in [2.75, 3.05) is 0 Å². The first-order valence-electron chi connectivity index (χ1n) is 9.14. The monoisotopic (exact) mass is 337 g/mol. The molecule has 6 nitrogen and oxygen atoms in total. The average molecular weight is 337 g/mol. The molecular formula is C19H23N5O. The molecule has 4 rings (SSSR count). The fraction of sp³-hybridized carbons (Fsp3) is 0.474. The fourth-order valence-electron chi connectivity index (χ4n) is 4.02. The molecule has 3 heterocycles. The standard InChI is InChI=1S/C19H23N5O/c1-2-4-13-5-7-14(8-6-13)15-11-16-17(22-12-15)23-19(25)24(16)18-20-9-3-10-21-18/h3,9-14H,2,4-8H2,1H3,(H,22,23,25). The fourth-order valence-corrected chi connectivity index (χ4v) is 4.02. The van der Waals surface area contributed by atoms with Gasteiger partial charge in [-0.1, -0.05) is 19.8 Å². The van der Waals surface area contributed by atoms with Crippen molar-refractivity contribution in [1.29, 1.82) is 0 Å². The van der Waals surface area contributed by atoms with Gasteiger partial charge in [0, 0.05) is 18.6 Å². The summed E-state index contributed by atoms with van der Waals surface area (Å²) >= 11 is 0. The Bertz CT molecular complexity index is 906. The van der Waals surface area contributed by atoms with Crippen LogP contribution >= 0.6 is 0 Å². The Kier molecular flexibility index (Phi) is 4.34. The van der Waals surface area contributed by atoms with Crippen LogP contribution in [-0.2, 0) is 0 Å². The molecule has 0 atom stereocenters. The second-order valence-corrected chi connectivity index (χ2v) is 6.96. The van der Waals surface area contributed by atoms with E-state index >= 15 is 0 Å². The van der Waals surface area contributed by atoms with Crippen molar-refractivity contribution in [3.63, 3.8) is 0 Å². The van der Waals surface area contributed by atoms with E-state index in [1.165, 1.54) is 48.7 Å². The van der Waals surface area contributed by atoms with Gasteiger partial charge in [-0.05, 0) is 55.2 Å². The lowest BCUT2D eigenvalue weighted by molar-refractivity contribution is 0.308. The third kappa shape index (κ3) is 3.08. The highest BCUT2D eigenvalue weighted by atomic mass is 16.1. The van der Waals surface area contributed by atoms with Crippen LogP contribution < -0.4 is 5.69 Å². The van der Waals surface area contributed by atoms with Crippen molar-refractivity contribution in [1.82, 2.24) is 24.5 Å². The number of pyridine rings is 1. The Hall–Kier alpha value is -2.50. The molecule has 130 valence electrons. The first kappa shape index (κ1) is 16.0. The number of rotatable bonds is 4. The lowest BCUT2D eigenvalue weighted by Crippen LogP contribution is -2.17. The summed E-state index contributed by atoms with van der Waals surface area (Å²) < 4.78 is 1.51. The van der Waals surface area contributed by atoms with Gasteiger partial charge in [-0.15, -0.1) is 0 Å². The van der Waals surface area contributed by atoms with E-state index in [0.29, 0.717) is 17.5 Å². The Morgan fingerprint density at radius 3 is 2.64 bits per heavy atom. The van der Waals surface area contributed by atoms with Crippen molar-refractivity contribution in [3.05, 3.63) is 46.8 Å². The number of fused-ring (bicyclic) bond motifs is 1. The molecule has 0 radical (unpaired) electrons. The van der Waals surface area contributed by atoms with Crippen LogP contribution in [0, 0.1) is 5.92 Å². The summed E-state index contributed by atoms with van der Waals surface area (Å²) in [6.07, 6.45) is 12.8. The minimum absolute atomic E-state index is 0.252. The second-order valence-electron chi connectivity index (χ2n) is 6.96. The number of hydrogen-bond donors (Lipinski definition) is 1. The molecule has 25 heavy (non-hydrogen) atoms. The summed E-state index contributed by atoms with van der Waals surface area (Å²) in [4.78, 5) is 28.0. The largest absolute Gasteiger partial charge is 0.334 e. The van der Waals surface area contributed by atoms with Gasteiger partial charge in [0.2, 0.25) is 5.95 Å². The minimum Gasteiger partial charge on any atom is -0.290 e. The number of H-pyrrole nitrogens is 1. The van der Waals surface area contributed by atoms with Crippen LogP contribution in [0.4, 0.5) is 0 Å². The molecule has 1 N–H and O–H groups in total. The van der Waals surface area contributed by atoms with E-state index in [1.54, 1.807) is 18.5 Å². The van der Waals surface area contributed by atoms with Crippen molar-refractivity contribution in [2.24, 2.45) is 5.92 Å². The summed E-state index contributed by atoms with van der Waals surface area (Å²) in [6.45, 7) is 2.26. The molecule has 0 aliphatic heterocycles. The molecule has 1 aliphatic carbocycles. The zero-order valence-corrected chi connectivity index (χ0v) is 14.5. The zero-order valence-electron chi connectivity index (χ0n) is 14.5. The topological polar surface area (TPSA) is 76.5 Å². The Labute approximate surface area is 146 Å². The van der Waals surface area contributed by atoms with Gasteiger partial charge < -0.3 is 0 Å². The highest BCUT2D eigenvalue weighted by Gasteiger charge is 2.23. The minimum atomic E-state index is -0.252. The first-order valence-corrected chi connectivity index (χ1v) is 9.14. The van der Waals surface area contributed by atoms with E-state index < -0.39 is 0 Å². The second kappa shape index (κ2) is 6.78. The van der Waals surface area contributed by atoms with Crippen molar-refractivity contribution < 1.29 is 0 Å². The number of aromatic amines is 1. The summed E-state index contributed by atoms with van der Waals surface area (Å²) in [5.41, 5.74) is 2.30.